The van der Waals surface area contributed by atoms with Crippen molar-refractivity contribution in [3.63, 3.8) is 0 Å². The molecule has 0 saturated heterocycles. The fraction of sp³-hybridized carbons (Fsp3) is 0.500. The third-order valence-corrected chi connectivity index (χ3v) is 3.24. The Balaban J connectivity index is 2.33. The molecule has 0 radical (unpaired) electrons. The largest absolute Gasteiger partial charge is 0.352 e. The molecule has 1 rings (SSSR count). The average molecular weight is 287 g/mol. The molecule has 0 heterocycles. The van der Waals surface area contributed by atoms with Gasteiger partial charge in [-0.3, -0.25) is 4.79 Å². The normalized spacial score (nSPS) is 10.8. The lowest BCUT2D eigenvalue weighted by Crippen LogP contribution is -2.39. The molecular weight excluding hydrogens is 267 g/mol. The fourth-order valence-electron chi connectivity index (χ4n) is 1.74. The van der Waals surface area contributed by atoms with E-state index in [1.165, 1.54) is 6.07 Å². The van der Waals surface area contributed by atoms with Crippen LogP contribution in [0.5, 0.6) is 0 Å². The highest BCUT2D eigenvalue weighted by atomic mass is 35.5. The van der Waals surface area contributed by atoms with Crippen LogP contribution in [-0.4, -0.2) is 18.5 Å². The molecule has 0 aromatic heterocycles. The Kier molecular flexibility index (Phi) is 6.81. The highest BCUT2D eigenvalue weighted by molar-refractivity contribution is 6.30. The summed E-state index contributed by atoms with van der Waals surface area (Å²) < 4.78 is 13.0. The zero-order valence-corrected chi connectivity index (χ0v) is 12.1. The molecule has 1 aromatic rings. The van der Waals surface area contributed by atoms with Crippen LogP contribution in [0.1, 0.15) is 32.3 Å². The van der Waals surface area contributed by atoms with Crippen molar-refractivity contribution in [1.29, 1.82) is 0 Å². The summed E-state index contributed by atoms with van der Waals surface area (Å²) in [7, 11) is 0. The Hall–Kier alpha value is -1.13. The molecule has 0 aliphatic heterocycles. The predicted molar refractivity (Wildman–Crippen MR) is 75.6 cm³/mol. The number of carbonyl (C=O) groups excluding carboxylic acids is 1. The maximum atomic E-state index is 13.0. The SMILES string of the molecule is CCC(CC)NC(=O)CNCc1ccc(F)c(Cl)c1. The van der Waals surface area contributed by atoms with Crippen molar-refractivity contribution in [2.75, 3.05) is 6.54 Å². The van der Waals surface area contributed by atoms with Gasteiger partial charge in [-0.15, -0.1) is 0 Å². The van der Waals surface area contributed by atoms with Gasteiger partial charge in [0, 0.05) is 12.6 Å². The van der Waals surface area contributed by atoms with Gasteiger partial charge in [-0.25, -0.2) is 4.39 Å². The zero-order chi connectivity index (χ0) is 14.3. The third-order valence-electron chi connectivity index (χ3n) is 2.95. The fourth-order valence-corrected chi connectivity index (χ4v) is 1.94. The summed E-state index contributed by atoms with van der Waals surface area (Å²) in [5.41, 5.74) is 0.849. The van der Waals surface area contributed by atoms with Crippen molar-refractivity contribution in [3.8, 4) is 0 Å². The Labute approximate surface area is 118 Å². The number of benzene rings is 1. The van der Waals surface area contributed by atoms with Gasteiger partial charge in [0.25, 0.3) is 0 Å². The second-order valence-electron chi connectivity index (χ2n) is 4.43. The first kappa shape index (κ1) is 15.9. The summed E-state index contributed by atoms with van der Waals surface area (Å²) in [5.74, 6) is -0.459. The van der Waals surface area contributed by atoms with Crippen LogP contribution >= 0.6 is 11.6 Å². The smallest absolute Gasteiger partial charge is 0.234 e. The summed E-state index contributed by atoms with van der Waals surface area (Å²) in [6, 6.07) is 4.76. The number of rotatable bonds is 7. The van der Waals surface area contributed by atoms with E-state index in [9.17, 15) is 9.18 Å². The molecule has 3 nitrogen and oxygen atoms in total. The molecule has 5 heteroatoms. The van der Waals surface area contributed by atoms with E-state index in [1.807, 2.05) is 13.8 Å². The van der Waals surface area contributed by atoms with Crippen LogP contribution in [0.4, 0.5) is 4.39 Å². The van der Waals surface area contributed by atoms with Gasteiger partial charge in [-0.1, -0.05) is 31.5 Å². The lowest BCUT2D eigenvalue weighted by molar-refractivity contribution is -0.121. The van der Waals surface area contributed by atoms with E-state index in [-0.39, 0.29) is 23.5 Å². The van der Waals surface area contributed by atoms with E-state index in [0.717, 1.165) is 18.4 Å². The molecule has 1 amide bonds. The van der Waals surface area contributed by atoms with Gasteiger partial charge < -0.3 is 10.6 Å². The van der Waals surface area contributed by atoms with Gasteiger partial charge in [0.15, 0.2) is 0 Å². The second kappa shape index (κ2) is 8.12. The number of nitrogens with one attached hydrogen (secondary N) is 2. The Morgan fingerprint density at radius 2 is 2.05 bits per heavy atom. The van der Waals surface area contributed by atoms with Crippen molar-refractivity contribution < 1.29 is 9.18 Å². The molecule has 0 spiro atoms. The topological polar surface area (TPSA) is 41.1 Å². The zero-order valence-electron chi connectivity index (χ0n) is 11.3. The number of halogens is 2. The van der Waals surface area contributed by atoms with Gasteiger partial charge >= 0.3 is 0 Å². The summed E-state index contributed by atoms with van der Waals surface area (Å²) in [6.45, 7) is 4.81. The van der Waals surface area contributed by atoms with Gasteiger partial charge in [0.2, 0.25) is 5.91 Å². The molecule has 19 heavy (non-hydrogen) atoms. The quantitative estimate of drug-likeness (QED) is 0.809. The van der Waals surface area contributed by atoms with Gasteiger partial charge in [0.1, 0.15) is 5.82 Å². The van der Waals surface area contributed by atoms with E-state index in [4.69, 9.17) is 11.6 Å². The van der Waals surface area contributed by atoms with Crippen molar-refractivity contribution in [3.05, 3.63) is 34.6 Å². The standard InChI is InChI=1S/C14H20ClFN2O/c1-3-11(4-2)18-14(19)9-17-8-10-5-6-13(16)12(15)7-10/h5-7,11,17H,3-4,8-9H2,1-2H3,(H,18,19). The van der Waals surface area contributed by atoms with Crippen LogP contribution in [0.25, 0.3) is 0 Å². The number of carbonyl (C=O) groups is 1. The van der Waals surface area contributed by atoms with Gasteiger partial charge in [-0.05, 0) is 30.5 Å². The van der Waals surface area contributed by atoms with Crippen LogP contribution in [-0.2, 0) is 11.3 Å². The lowest BCUT2D eigenvalue weighted by atomic mass is 10.2. The van der Waals surface area contributed by atoms with Crippen LogP contribution in [0.3, 0.4) is 0 Å². The van der Waals surface area contributed by atoms with E-state index in [0.29, 0.717) is 6.54 Å². The van der Waals surface area contributed by atoms with E-state index in [1.54, 1.807) is 12.1 Å². The first-order valence-corrected chi connectivity index (χ1v) is 6.88. The van der Waals surface area contributed by atoms with Gasteiger partial charge in [0.05, 0.1) is 11.6 Å². The molecule has 0 fully saturated rings. The molecule has 0 saturated carbocycles. The summed E-state index contributed by atoms with van der Waals surface area (Å²) in [4.78, 5) is 11.6. The first-order chi connectivity index (χ1) is 9.06. The monoisotopic (exact) mass is 286 g/mol. The lowest BCUT2D eigenvalue weighted by Gasteiger charge is -2.14. The van der Waals surface area contributed by atoms with Crippen molar-refractivity contribution in [2.24, 2.45) is 0 Å². The first-order valence-electron chi connectivity index (χ1n) is 6.50. The molecule has 0 aliphatic rings. The van der Waals surface area contributed by atoms with Crippen LogP contribution in [0.2, 0.25) is 5.02 Å². The molecule has 0 unspecified atom stereocenters. The highest BCUT2D eigenvalue weighted by Gasteiger charge is 2.07. The maximum absolute atomic E-state index is 13.0. The number of hydrogen-bond donors (Lipinski definition) is 2. The number of amides is 1. The summed E-state index contributed by atoms with van der Waals surface area (Å²) in [6.07, 6.45) is 1.85. The Morgan fingerprint density at radius 1 is 1.37 bits per heavy atom. The highest BCUT2D eigenvalue weighted by Crippen LogP contribution is 2.15. The van der Waals surface area contributed by atoms with Crippen molar-refractivity contribution in [1.82, 2.24) is 10.6 Å². The van der Waals surface area contributed by atoms with Crippen LogP contribution in [0, 0.1) is 5.82 Å². The van der Waals surface area contributed by atoms with E-state index < -0.39 is 5.82 Å². The average Bonchev–Trinajstić information content (AvgIpc) is 2.40. The minimum Gasteiger partial charge on any atom is -0.352 e. The molecule has 0 bridgehead atoms. The molecule has 2 N–H and O–H groups in total. The van der Waals surface area contributed by atoms with Crippen molar-refractivity contribution in [2.45, 2.75) is 39.3 Å². The van der Waals surface area contributed by atoms with Crippen molar-refractivity contribution >= 4 is 17.5 Å². The summed E-state index contributed by atoms with van der Waals surface area (Å²) >= 11 is 5.68. The second-order valence-corrected chi connectivity index (χ2v) is 4.84. The van der Waals surface area contributed by atoms with Gasteiger partial charge in [-0.2, -0.15) is 0 Å². The maximum Gasteiger partial charge on any atom is 0.234 e. The Morgan fingerprint density at radius 3 is 2.63 bits per heavy atom. The van der Waals surface area contributed by atoms with E-state index >= 15 is 0 Å². The molecule has 106 valence electrons. The van der Waals surface area contributed by atoms with Crippen LogP contribution in [0.15, 0.2) is 18.2 Å². The minimum absolute atomic E-state index is 0.0260. The minimum atomic E-state index is -0.433. The summed E-state index contributed by atoms with van der Waals surface area (Å²) in [5, 5.41) is 6.04. The van der Waals surface area contributed by atoms with E-state index in [2.05, 4.69) is 10.6 Å². The van der Waals surface area contributed by atoms with Crippen LogP contribution < -0.4 is 10.6 Å². The molecule has 1 aromatic carbocycles. The predicted octanol–water partition coefficient (Wildman–Crippen LogP) is 2.87. The Bertz CT molecular complexity index is 422. The number of hydrogen-bond acceptors (Lipinski definition) is 2. The molecule has 0 aliphatic carbocycles. The molecular formula is C14H20ClFN2O. The third kappa shape index (κ3) is 5.57. The molecule has 0 atom stereocenters.